The first-order valence-electron chi connectivity index (χ1n) is 16.9. The van der Waals surface area contributed by atoms with Crippen molar-refractivity contribution in [2.75, 3.05) is 0 Å². The van der Waals surface area contributed by atoms with Gasteiger partial charge in [0.05, 0.1) is 33.5 Å². The van der Waals surface area contributed by atoms with Crippen molar-refractivity contribution in [1.29, 1.82) is 0 Å². The lowest BCUT2D eigenvalue weighted by atomic mass is 10.0. The maximum Gasteiger partial charge on any atom is 0.235 e. The van der Waals surface area contributed by atoms with Crippen molar-refractivity contribution in [2.45, 2.75) is 0 Å². The number of benzene rings is 7. The van der Waals surface area contributed by atoms with Gasteiger partial charge < -0.3 is 4.57 Å². The van der Waals surface area contributed by atoms with E-state index in [0.717, 1.165) is 66.6 Å². The zero-order chi connectivity index (χ0) is 33.0. The fourth-order valence-electron chi connectivity index (χ4n) is 7.48. The van der Waals surface area contributed by atoms with Crippen LogP contribution >= 0.6 is 0 Å². The van der Waals surface area contributed by atoms with Gasteiger partial charge in [-0.05, 0) is 47.5 Å². The lowest BCUT2D eigenvalue weighted by Crippen LogP contribution is -2.04. The van der Waals surface area contributed by atoms with Gasteiger partial charge in [-0.3, -0.25) is 4.57 Å². The molecule has 0 amide bonds. The normalized spacial score (nSPS) is 11.6. The molecule has 3 aromatic heterocycles. The molecule has 0 aliphatic carbocycles. The maximum atomic E-state index is 5.37. The monoisotopic (exact) mass is 638 g/mol. The number of hydrogen-bond donors (Lipinski definition) is 0. The van der Waals surface area contributed by atoms with Gasteiger partial charge in [-0.25, -0.2) is 9.97 Å². The minimum absolute atomic E-state index is 0.638. The van der Waals surface area contributed by atoms with Crippen LogP contribution in [0.3, 0.4) is 0 Å². The second kappa shape index (κ2) is 11.4. The predicted molar refractivity (Wildman–Crippen MR) is 207 cm³/mol. The van der Waals surface area contributed by atoms with Crippen LogP contribution in [0.5, 0.6) is 0 Å². The molecule has 0 atom stereocenters. The summed E-state index contributed by atoms with van der Waals surface area (Å²) in [5, 5.41) is 4.69. The molecular formula is C46H30N4. The summed E-state index contributed by atoms with van der Waals surface area (Å²) in [4.78, 5) is 10.7. The smallest absolute Gasteiger partial charge is 0.235 e. The van der Waals surface area contributed by atoms with Gasteiger partial charge in [0.1, 0.15) is 0 Å². The Morgan fingerprint density at radius 2 is 0.900 bits per heavy atom. The predicted octanol–water partition coefficient (Wildman–Crippen LogP) is 11.7. The zero-order valence-corrected chi connectivity index (χ0v) is 27.1. The third-order valence-electron chi connectivity index (χ3n) is 9.74. The minimum atomic E-state index is 0.638. The number of rotatable bonds is 5. The van der Waals surface area contributed by atoms with Crippen molar-refractivity contribution in [3.8, 4) is 45.3 Å². The molecule has 50 heavy (non-hydrogen) atoms. The summed E-state index contributed by atoms with van der Waals surface area (Å²) >= 11 is 0. The summed E-state index contributed by atoms with van der Waals surface area (Å²) in [6, 6.07) is 64.2. The molecule has 0 aliphatic rings. The number of aromatic nitrogens is 4. The Bertz CT molecular complexity index is 2780. The lowest BCUT2D eigenvalue weighted by molar-refractivity contribution is 0.998. The molecule has 0 radical (unpaired) electrons. The van der Waals surface area contributed by atoms with Gasteiger partial charge in [0, 0.05) is 38.4 Å². The van der Waals surface area contributed by atoms with Gasteiger partial charge in [0.2, 0.25) is 5.95 Å². The topological polar surface area (TPSA) is 35.6 Å². The summed E-state index contributed by atoms with van der Waals surface area (Å²) in [5.74, 6) is 0.638. The van der Waals surface area contributed by atoms with E-state index in [2.05, 4.69) is 179 Å². The second-order valence-corrected chi connectivity index (χ2v) is 12.6. The molecule has 0 saturated carbocycles. The van der Waals surface area contributed by atoms with Gasteiger partial charge in [-0.15, -0.1) is 0 Å². The molecule has 4 heteroatoms. The molecule has 7 aromatic carbocycles. The molecule has 0 N–H and O–H groups in total. The number of para-hydroxylation sites is 2. The van der Waals surface area contributed by atoms with E-state index in [1.807, 2.05) is 12.1 Å². The van der Waals surface area contributed by atoms with Crippen LogP contribution in [0.15, 0.2) is 182 Å². The largest absolute Gasteiger partial charge is 0.309 e. The van der Waals surface area contributed by atoms with Crippen molar-refractivity contribution in [3.63, 3.8) is 0 Å². The first-order valence-corrected chi connectivity index (χ1v) is 16.9. The van der Waals surface area contributed by atoms with E-state index >= 15 is 0 Å². The van der Waals surface area contributed by atoms with Crippen molar-refractivity contribution in [3.05, 3.63) is 182 Å². The highest BCUT2D eigenvalue weighted by Crippen LogP contribution is 2.43. The van der Waals surface area contributed by atoms with Crippen LogP contribution in [0.4, 0.5) is 0 Å². The van der Waals surface area contributed by atoms with E-state index in [0.29, 0.717) is 5.95 Å². The van der Waals surface area contributed by atoms with E-state index in [4.69, 9.17) is 9.97 Å². The number of hydrogen-bond acceptors (Lipinski definition) is 2. The molecule has 4 nitrogen and oxygen atoms in total. The molecular weight excluding hydrogens is 609 g/mol. The van der Waals surface area contributed by atoms with E-state index in [9.17, 15) is 0 Å². The molecule has 10 aromatic rings. The Labute approximate surface area is 289 Å². The van der Waals surface area contributed by atoms with Crippen LogP contribution in [0, 0.1) is 0 Å². The quantitative estimate of drug-likeness (QED) is 0.188. The molecule has 0 saturated heterocycles. The average molecular weight is 639 g/mol. The Morgan fingerprint density at radius 1 is 0.340 bits per heavy atom. The molecule has 0 fully saturated rings. The minimum Gasteiger partial charge on any atom is -0.309 e. The number of fused-ring (bicyclic) bond motifs is 7. The highest BCUT2D eigenvalue weighted by molar-refractivity contribution is 6.26. The Morgan fingerprint density at radius 3 is 1.56 bits per heavy atom. The van der Waals surface area contributed by atoms with Gasteiger partial charge in [0.15, 0.2) is 0 Å². The summed E-state index contributed by atoms with van der Waals surface area (Å²) in [5.41, 5.74) is 11.7. The summed E-state index contributed by atoms with van der Waals surface area (Å²) in [7, 11) is 0. The third-order valence-corrected chi connectivity index (χ3v) is 9.74. The van der Waals surface area contributed by atoms with Crippen LogP contribution in [0.25, 0.3) is 88.9 Å². The molecule has 0 spiro atoms. The van der Waals surface area contributed by atoms with Crippen molar-refractivity contribution in [1.82, 2.24) is 19.1 Å². The zero-order valence-electron chi connectivity index (χ0n) is 27.1. The van der Waals surface area contributed by atoms with Gasteiger partial charge in [-0.2, -0.15) is 0 Å². The first kappa shape index (κ1) is 28.3. The summed E-state index contributed by atoms with van der Waals surface area (Å²) in [6.45, 7) is 0. The first-order chi connectivity index (χ1) is 24.8. The lowest BCUT2D eigenvalue weighted by Gasteiger charge is -2.13. The van der Waals surface area contributed by atoms with Crippen LogP contribution in [-0.2, 0) is 0 Å². The highest BCUT2D eigenvalue weighted by atomic mass is 15.2. The molecule has 0 unspecified atom stereocenters. The Balaban J connectivity index is 1.39. The van der Waals surface area contributed by atoms with Crippen LogP contribution < -0.4 is 0 Å². The standard InChI is InChI=1S/C46H30N4/c1-5-15-31(16-6-1)34-25-26-36-37-27-28-42-44(38-23-13-14-24-41(38)49(42)35-21-11-4-12-22-35)45(37)50(43(36)29-34)46-47-39(32-17-7-2-8-18-32)30-40(48-46)33-19-9-3-10-20-33/h1-30H. The van der Waals surface area contributed by atoms with Crippen molar-refractivity contribution < 1.29 is 0 Å². The van der Waals surface area contributed by atoms with Crippen LogP contribution in [0.2, 0.25) is 0 Å². The second-order valence-electron chi connectivity index (χ2n) is 12.6. The molecule has 0 bridgehead atoms. The average Bonchev–Trinajstić information content (AvgIpc) is 3.71. The Hall–Kier alpha value is -6.78. The summed E-state index contributed by atoms with van der Waals surface area (Å²) in [6.07, 6.45) is 0. The van der Waals surface area contributed by atoms with Gasteiger partial charge in [0.25, 0.3) is 0 Å². The molecule has 10 rings (SSSR count). The summed E-state index contributed by atoms with van der Waals surface area (Å²) < 4.78 is 4.68. The number of nitrogens with zero attached hydrogens (tertiary/aromatic N) is 4. The Kier molecular flexibility index (Phi) is 6.46. The van der Waals surface area contributed by atoms with E-state index in [-0.39, 0.29) is 0 Å². The maximum absolute atomic E-state index is 5.37. The fraction of sp³-hybridized carbons (Fsp3) is 0. The van der Waals surface area contributed by atoms with Crippen molar-refractivity contribution in [2.24, 2.45) is 0 Å². The fourth-order valence-corrected chi connectivity index (χ4v) is 7.48. The van der Waals surface area contributed by atoms with E-state index < -0.39 is 0 Å². The SMILES string of the molecule is c1ccc(-c2ccc3c4ccc5c(c6ccccc6n5-c5ccccc5)c4n(-c4nc(-c5ccccc5)cc(-c5ccccc5)n4)c3c2)cc1. The van der Waals surface area contributed by atoms with Crippen LogP contribution in [0.1, 0.15) is 0 Å². The molecule has 0 aliphatic heterocycles. The van der Waals surface area contributed by atoms with Gasteiger partial charge in [-0.1, -0.05) is 146 Å². The molecule has 234 valence electrons. The van der Waals surface area contributed by atoms with Crippen LogP contribution in [-0.4, -0.2) is 19.1 Å². The third kappa shape index (κ3) is 4.46. The highest BCUT2D eigenvalue weighted by Gasteiger charge is 2.23. The van der Waals surface area contributed by atoms with E-state index in [1.165, 1.54) is 16.3 Å². The van der Waals surface area contributed by atoms with E-state index in [1.54, 1.807) is 0 Å². The van der Waals surface area contributed by atoms with Gasteiger partial charge >= 0.3 is 0 Å². The van der Waals surface area contributed by atoms with Crippen molar-refractivity contribution >= 4 is 43.6 Å². The molecule has 3 heterocycles.